The monoisotopic (exact) mass is 274 g/mol. The normalized spacial score (nSPS) is 11.1. The molecule has 2 aromatic rings. The Labute approximate surface area is 120 Å². The Morgan fingerprint density at radius 1 is 1.25 bits per heavy atom. The van der Waals surface area contributed by atoms with Crippen molar-refractivity contribution in [3.05, 3.63) is 35.5 Å². The molecule has 4 nitrogen and oxygen atoms in total. The second kappa shape index (κ2) is 5.99. The van der Waals surface area contributed by atoms with Crippen LogP contribution in [0.15, 0.2) is 24.3 Å². The molecule has 0 saturated heterocycles. The van der Waals surface area contributed by atoms with Crippen molar-refractivity contribution in [1.82, 2.24) is 9.78 Å². The van der Waals surface area contributed by atoms with Gasteiger partial charge < -0.3 is 9.84 Å². The van der Waals surface area contributed by atoms with Crippen molar-refractivity contribution in [3.8, 4) is 17.3 Å². The molecule has 0 amide bonds. The van der Waals surface area contributed by atoms with Crippen LogP contribution in [0.5, 0.6) is 11.6 Å². The van der Waals surface area contributed by atoms with Gasteiger partial charge in [0, 0.05) is 5.56 Å². The standard InChI is InChI=1S/C16H22N2O2/c1-5-14-15(10-11(2)3)18(17-16(14)19)12-6-8-13(20-4)9-7-12/h6-9,11H,5,10H2,1-4H3,(H,17,19). The average molecular weight is 274 g/mol. The summed E-state index contributed by atoms with van der Waals surface area (Å²) in [6.45, 7) is 6.38. The summed E-state index contributed by atoms with van der Waals surface area (Å²) in [5.74, 6) is 1.46. The summed E-state index contributed by atoms with van der Waals surface area (Å²) in [5.41, 5.74) is 2.97. The molecule has 0 aliphatic rings. The van der Waals surface area contributed by atoms with E-state index >= 15 is 0 Å². The Hall–Kier alpha value is -1.97. The molecule has 1 N–H and O–H groups in total. The number of ether oxygens (including phenoxy) is 1. The Bertz CT molecular complexity index is 571. The predicted molar refractivity (Wildman–Crippen MR) is 79.7 cm³/mol. The average Bonchev–Trinajstić information content (AvgIpc) is 2.74. The summed E-state index contributed by atoms with van der Waals surface area (Å²) >= 11 is 0. The van der Waals surface area contributed by atoms with E-state index in [-0.39, 0.29) is 5.88 Å². The maximum Gasteiger partial charge on any atom is 0.234 e. The van der Waals surface area contributed by atoms with E-state index in [0.717, 1.165) is 35.5 Å². The number of benzene rings is 1. The summed E-state index contributed by atoms with van der Waals surface area (Å²) in [5, 5.41) is 14.3. The van der Waals surface area contributed by atoms with Crippen LogP contribution < -0.4 is 4.74 Å². The second-order valence-electron chi connectivity index (χ2n) is 5.31. The first-order chi connectivity index (χ1) is 9.56. The van der Waals surface area contributed by atoms with E-state index in [1.807, 2.05) is 35.9 Å². The topological polar surface area (TPSA) is 47.3 Å². The van der Waals surface area contributed by atoms with Crippen molar-refractivity contribution >= 4 is 0 Å². The number of rotatable bonds is 5. The molecule has 108 valence electrons. The minimum atomic E-state index is 0.138. The largest absolute Gasteiger partial charge is 0.497 e. The van der Waals surface area contributed by atoms with E-state index in [4.69, 9.17) is 4.74 Å². The van der Waals surface area contributed by atoms with Gasteiger partial charge in [-0.1, -0.05) is 20.8 Å². The highest BCUT2D eigenvalue weighted by Crippen LogP contribution is 2.27. The fourth-order valence-corrected chi connectivity index (χ4v) is 2.37. The second-order valence-corrected chi connectivity index (χ2v) is 5.31. The molecular weight excluding hydrogens is 252 g/mol. The maximum absolute atomic E-state index is 10.0. The van der Waals surface area contributed by atoms with Crippen molar-refractivity contribution in [1.29, 1.82) is 0 Å². The van der Waals surface area contributed by atoms with Crippen LogP contribution in [-0.4, -0.2) is 22.0 Å². The highest BCUT2D eigenvalue weighted by molar-refractivity contribution is 5.42. The molecule has 0 unspecified atom stereocenters. The molecule has 0 radical (unpaired) electrons. The molecule has 0 aliphatic carbocycles. The molecule has 1 heterocycles. The SMILES string of the molecule is CCc1c(O)nn(-c2ccc(OC)cc2)c1CC(C)C. The first kappa shape index (κ1) is 14.4. The highest BCUT2D eigenvalue weighted by Gasteiger charge is 2.17. The molecule has 0 saturated carbocycles. The van der Waals surface area contributed by atoms with Gasteiger partial charge in [-0.3, -0.25) is 0 Å². The van der Waals surface area contributed by atoms with Crippen molar-refractivity contribution in [2.45, 2.75) is 33.6 Å². The van der Waals surface area contributed by atoms with Crippen LogP contribution in [0.4, 0.5) is 0 Å². The first-order valence-corrected chi connectivity index (χ1v) is 7.01. The Balaban J connectivity index is 2.48. The van der Waals surface area contributed by atoms with Gasteiger partial charge in [-0.05, 0) is 43.0 Å². The number of aromatic nitrogens is 2. The van der Waals surface area contributed by atoms with Gasteiger partial charge in [0.2, 0.25) is 5.88 Å². The van der Waals surface area contributed by atoms with Gasteiger partial charge in [0.25, 0.3) is 0 Å². The smallest absolute Gasteiger partial charge is 0.234 e. The van der Waals surface area contributed by atoms with Gasteiger partial charge in [0.05, 0.1) is 18.5 Å². The van der Waals surface area contributed by atoms with Gasteiger partial charge in [0.1, 0.15) is 5.75 Å². The summed E-state index contributed by atoms with van der Waals surface area (Å²) < 4.78 is 7.01. The van der Waals surface area contributed by atoms with Crippen molar-refractivity contribution in [2.75, 3.05) is 7.11 Å². The zero-order valence-corrected chi connectivity index (χ0v) is 12.6. The van der Waals surface area contributed by atoms with Gasteiger partial charge in [-0.2, -0.15) is 0 Å². The Morgan fingerprint density at radius 3 is 2.40 bits per heavy atom. The Morgan fingerprint density at radius 2 is 1.90 bits per heavy atom. The van der Waals surface area contributed by atoms with E-state index < -0.39 is 0 Å². The molecule has 1 aromatic carbocycles. The van der Waals surface area contributed by atoms with E-state index in [2.05, 4.69) is 18.9 Å². The summed E-state index contributed by atoms with van der Waals surface area (Å²) in [6, 6.07) is 7.71. The van der Waals surface area contributed by atoms with Gasteiger partial charge in [-0.15, -0.1) is 5.10 Å². The molecule has 0 atom stereocenters. The third kappa shape index (κ3) is 2.79. The molecule has 4 heteroatoms. The number of hydrogen-bond donors (Lipinski definition) is 1. The number of hydrogen-bond acceptors (Lipinski definition) is 3. The fourth-order valence-electron chi connectivity index (χ4n) is 2.37. The molecule has 0 fully saturated rings. The predicted octanol–water partition coefficient (Wildman–Crippen LogP) is 3.35. The van der Waals surface area contributed by atoms with E-state index in [1.54, 1.807) is 7.11 Å². The molecule has 20 heavy (non-hydrogen) atoms. The number of nitrogens with zero attached hydrogens (tertiary/aromatic N) is 2. The first-order valence-electron chi connectivity index (χ1n) is 7.01. The summed E-state index contributed by atoms with van der Waals surface area (Å²) in [6.07, 6.45) is 1.67. The van der Waals surface area contributed by atoms with Crippen molar-refractivity contribution in [3.63, 3.8) is 0 Å². The van der Waals surface area contributed by atoms with Gasteiger partial charge in [0.15, 0.2) is 0 Å². The van der Waals surface area contributed by atoms with Crippen LogP contribution in [0.3, 0.4) is 0 Å². The molecule has 0 spiro atoms. The van der Waals surface area contributed by atoms with Crippen LogP contribution in [-0.2, 0) is 12.8 Å². The molecule has 1 aromatic heterocycles. The summed E-state index contributed by atoms with van der Waals surface area (Å²) in [7, 11) is 1.65. The minimum absolute atomic E-state index is 0.138. The van der Waals surface area contributed by atoms with Crippen LogP contribution >= 0.6 is 0 Å². The van der Waals surface area contributed by atoms with Gasteiger partial charge in [-0.25, -0.2) is 4.68 Å². The quantitative estimate of drug-likeness (QED) is 0.909. The van der Waals surface area contributed by atoms with Crippen LogP contribution in [0.1, 0.15) is 32.0 Å². The van der Waals surface area contributed by atoms with Crippen molar-refractivity contribution in [2.24, 2.45) is 5.92 Å². The molecule has 0 bridgehead atoms. The third-order valence-corrected chi connectivity index (χ3v) is 3.34. The number of aromatic hydroxyl groups is 1. The number of methoxy groups -OCH3 is 1. The van der Waals surface area contributed by atoms with E-state index in [9.17, 15) is 5.11 Å². The third-order valence-electron chi connectivity index (χ3n) is 3.34. The van der Waals surface area contributed by atoms with Crippen LogP contribution in [0.2, 0.25) is 0 Å². The lowest BCUT2D eigenvalue weighted by Gasteiger charge is -2.11. The lowest BCUT2D eigenvalue weighted by atomic mass is 10.0. The fraction of sp³-hybridized carbons (Fsp3) is 0.438. The van der Waals surface area contributed by atoms with Gasteiger partial charge >= 0.3 is 0 Å². The Kier molecular flexibility index (Phi) is 4.32. The molecular formula is C16H22N2O2. The lowest BCUT2D eigenvalue weighted by Crippen LogP contribution is -2.07. The van der Waals surface area contributed by atoms with E-state index in [1.165, 1.54) is 0 Å². The molecule has 2 rings (SSSR count). The highest BCUT2D eigenvalue weighted by atomic mass is 16.5. The lowest BCUT2D eigenvalue weighted by molar-refractivity contribution is 0.414. The van der Waals surface area contributed by atoms with E-state index in [0.29, 0.717) is 5.92 Å². The van der Waals surface area contributed by atoms with Crippen molar-refractivity contribution < 1.29 is 9.84 Å². The zero-order valence-electron chi connectivity index (χ0n) is 12.6. The minimum Gasteiger partial charge on any atom is -0.497 e. The molecule has 0 aliphatic heterocycles. The van der Waals surface area contributed by atoms with Crippen LogP contribution in [0, 0.1) is 5.92 Å². The zero-order chi connectivity index (χ0) is 14.7. The van der Waals surface area contributed by atoms with Crippen LogP contribution in [0.25, 0.3) is 5.69 Å². The maximum atomic E-state index is 10.0. The summed E-state index contributed by atoms with van der Waals surface area (Å²) in [4.78, 5) is 0.